The van der Waals surface area contributed by atoms with Gasteiger partial charge in [-0.15, -0.1) is 11.3 Å². The smallest absolute Gasteiger partial charge is 0.151 e. The Kier molecular flexibility index (Phi) is 2.33. The van der Waals surface area contributed by atoms with Gasteiger partial charge in [-0.05, 0) is 41.3 Å². The van der Waals surface area contributed by atoms with Crippen molar-refractivity contribution in [3.05, 3.63) is 41.3 Å². The van der Waals surface area contributed by atoms with E-state index < -0.39 is 0 Å². The monoisotopic (exact) mass is 204 g/mol. The largest absolute Gasteiger partial charge is 0.508 e. The molecule has 1 N–H and O–H groups in total. The van der Waals surface area contributed by atoms with Gasteiger partial charge >= 0.3 is 0 Å². The fourth-order valence-electron chi connectivity index (χ4n) is 1.26. The molecule has 0 spiro atoms. The molecule has 0 aliphatic carbocycles. The summed E-state index contributed by atoms with van der Waals surface area (Å²) >= 11 is 1.52. The second-order valence-corrected chi connectivity index (χ2v) is 3.79. The molecule has 0 bridgehead atoms. The summed E-state index contributed by atoms with van der Waals surface area (Å²) < 4.78 is 0. The van der Waals surface area contributed by atoms with Crippen LogP contribution in [0, 0.1) is 0 Å². The van der Waals surface area contributed by atoms with Gasteiger partial charge in [0.15, 0.2) is 6.29 Å². The molecule has 0 unspecified atom stereocenters. The van der Waals surface area contributed by atoms with Crippen molar-refractivity contribution in [1.82, 2.24) is 0 Å². The highest BCUT2D eigenvalue weighted by atomic mass is 32.1. The van der Waals surface area contributed by atoms with Gasteiger partial charge in [-0.2, -0.15) is 0 Å². The average Bonchev–Trinajstić information content (AvgIpc) is 2.67. The molecular weight excluding hydrogens is 196 g/mol. The lowest BCUT2D eigenvalue weighted by Gasteiger charge is -1.98. The third-order valence-electron chi connectivity index (χ3n) is 1.95. The number of benzene rings is 1. The number of carbonyl (C=O) groups excluding carboxylic acids is 1. The first kappa shape index (κ1) is 8.97. The molecule has 0 aliphatic heterocycles. The summed E-state index contributed by atoms with van der Waals surface area (Å²) in [5.74, 6) is 0.234. The molecule has 2 rings (SSSR count). The lowest BCUT2D eigenvalue weighted by Crippen LogP contribution is -1.79. The molecule has 0 saturated heterocycles. The van der Waals surface area contributed by atoms with E-state index in [2.05, 4.69) is 0 Å². The first-order valence-electron chi connectivity index (χ1n) is 4.13. The van der Waals surface area contributed by atoms with Crippen LogP contribution in [-0.4, -0.2) is 11.4 Å². The SMILES string of the molecule is O=Cc1ccsc1-c1ccc(O)cc1. The fraction of sp³-hybridized carbons (Fsp3) is 0. The number of carbonyl (C=O) groups is 1. The molecule has 1 aromatic heterocycles. The Bertz CT molecular complexity index is 443. The third-order valence-corrected chi connectivity index (χ3v) is 2.93. The zero-order valence-electron chi connectivity index (χ0n) is 7.31. The molecule has 0 saturated carbocycles. The summed E-state index contributed by atoms with van der Waals surface area (Å²) in [7, 11) is 0. The van der Waals surface area contributed by atoms with Crippen LogP contribution in [0.3, 0.4) is 0 Å². The number of hydrogen-bond acceptors (Lipinski definition) is 3. The van der Waals surface area contributed by atoms with Crippen molar-refractivity contribution >= 4 is 17.6 Å². The van der Waals surface area contributed by atoms with Gasteiger partial charge in [-0.1, -0.05) is 0 Å². The van der Waals surface area contributed by atoms with E-state index in [1.165, 1.54) is 11.3 Å². The predicted molar refractivity (Wildman–Crippen MR) is 56.8 cm³/mol. The van der Waals surface area contributed by atoms with Crippen molar-refractivity contribution < 1.29 is 9.90 Å². The van der Waals surface area contributed by atoms with Crippen LogP contribution >= 0.6 is 11.3 Å². The Balaban J connectivity index is 2.49. The first-order valence-corrected chi connectivity index (χ1v) is 5.01. The van der Waals surface area contributed by atoms with Gasteiger partial charge in [0.25, 0.3) is 0 Å². The number of aromatic hydroxyl groups is 1. The van der Waals surface area contributed by atoms with Gasteiger partial charge in [0.05, 0.1) is 0 Å². The lowest BCUT2D eigenvalue weighted by atomic mass is 10.1. The normalized spacial score (nSPS) is 10.0. The summed E-state index contributed by atoms with van der Waals surface area (Å²) in [5.41, 5.74) is 1.65. The number of phenols is 1. The standard InChI is InChI=1S/C11H8O2S/c12-7-9-5-6-14-11(9)8-1-3-10(13)4-2-8/h1-7,13H. The Morgan fingerprint density at radius 3 is 2.50 bits per heavy atom. The highest BCUT2D eigenvalue weighted by Crippen LogP contribution is 2.29. The Hall–Kier alpha value is -1.61. The number of aldehydes is 1. The average molecular weight is 204 g/mol. The van der Waals surface area contributed by atoms with E-state index in [1.807, 2.05) is 5.38 Å². The Morgan fingerprint density at radius 2 is 1.86 bits per heavy atom. The molecule has 1 heterocycles. The molecule has 0 aliphatic rings. The van der Waals surface area contributed by atoms with Crippen LogP contribution in [0.15, 0.2) is 35.7 Å². The maximum absolute atomic E-state index is 10.7. The number of phenolic OH excluding ortho intramolecular Hbond substituents is 1. The van der Waals surface area contributed by atoms with E-state index >= 15 is 0 Å². The van der Waals surface area contributed by atoms with Gasteiger partial charge in [0, 0.05) is 10.4 Å². The molecule has 70 valence electrons. The topological polar surface area (TPSA) is 37.3 Å². The number of hydrogen-bond donors (Lipinski definition) is 1. The second-order valence-electron chi connectivity index (χ2n) is 2.87. The van der Waals surface area contributed by atoms with E-state index in [0.29, 0.717) is 5.56 Å². The predicted octanol–water partition coefficient (Wildman–Crippen LogP) is 2.93. The van der Waals surface area contributed by atoms with Crippen LogP contribution in [0.2, 0.25) is 0 Å². The maximum Gasteiger partial charge on any atom is 0.151 e. The Morgan fingerprint density at radius 1 is 1.14 bits per heavy atom. The highest BCUT2D eigenvalue weighted by molar-refractivity contribution is 7.14. The summed E-state index contributed by atoms with van der Waals surface area (Å²) in [5, 5.41) is 11.0. The van der Waals surface area contributed by atoms with Crippen molar-refractivity contribution in [3.8, 4) is 16.2 Å². The number of rotatable bonds is 2. The highest BCUT2D eigenvalue weighted by Gasteiger charge is 2.05. The molecule has 0 fully saturated rings. The van der Waals surface area contributed by atoms with Gasteiger partial charge in [-0.25, -0.2) is 0 Å². The molecule has 0 amide bonds. The van der Waals surface area contributed by atoms with Gasteiger partial charge in [-0.3, -0.25) is 4.79 Å². The summed E-state index contributed by atoms with van der Waals surface area (Å²) in [4.78, 5) is 11.6. The Labute approximate surface area is 85.4 Å². The van der Waals surface area contributed by atoms with E-state index in [4.69, 9.17) is 5.11 Å². The van der Waals surface area contributed by atoms with Crippen LogP contribution in [0.1, 0.15) is 10.4 Å². The molecule has 0 atom stereocenters. The van der Waals surface area contributed by atoms with Gasteiger partial charge in [0.2, 0.25) is 0 Å². The minimum Gasteiger partial charge on any atom is -0.508 e. The van der Waals surface area contributed by atoms with Crippen LogP contribution in [0.5, 0.6) is 5.75 Å². The molecule has 14 heavy (non-hydrogen) atoms. The van der Waals surface area contributed by atoms with Crippen molar-refractivity contribution in [2.75, 3.05) is 0 Å². The quantitative estimate of drug-likeness (QED) is 0.763. The minimum absolute atomic E-state index is 0.234. The molecule has 2 aromatic rings. The van der Waals surface area contributed by atoms with Crippen molar-refractivity contribution in [2.45, 2.75) is 0 Å². The van der Waals surface area contributed by atoms with Crippen molar-refractivity contribution in [2.24, 2.45) is 0 Å². The molecular formula is C11H8O2S. The van der Waals surface area contributed by atoms with Crippen LogP contribution in [0.4, 0.5) is 0 Å². The van der Waals surface area contributed by atoms with Crippen LogP contribution in [0.25, 0.3) is 10.4 Å². The van der Waals surface area contributed by atoms with E-state index in [0.717, 1.165) is 16.7 Å². The van der Waals surface area contributed by atoms with E-state index in [9.17, 15) is 4.79 Å². The van der Waals surface area contributed by atoms with Crippen LogP contribution < -0.4 is 0 Å². The molecule has 2 nitrogen and oxygen atoms in total. The maximum atomic E-state index is 10.7. The third kappa shape index (κ3) is 1.54. The zero-order chi connectivity index (χ0) is 9.97. The van der Waals surface area contributed by atoms with E-state index in [-0.39, 0.29) is 5.75 Å². The van der Waals surface area contributed by atoms with E-state index in [1.54, 1.807) is 30.3 Å². The molecule has 0 radical (unpaired) electrons. The molecule has 1 aromatic carbocycles. The fourth-order valence-corrected chi connectivity index (χ4v) is 2.13. The summed E-state index contributed by atoms with van der Waals surface area (Å²) in [6.07, 6.45) is 0.846. The zero-order valence-corrected chi connectivity index (χ0v) is 8.12. The first-order chi connectivity index (χ1) is 6.81. The lowest BCUT2D eigenvalue weighted by molar-refractivity contribution is 0.112. The van der Waals surface area contributed by atoms with Crippen molar-refractivity contribution in [1.29, 1.82) is 0 Å². The van der Waals surface area contributed by atoms with Gasteiger partial charge < -0.3 is 5.11 Å². The summed E-state index contributed by atoms with van der Waals surface area (Å²) in [6, 6.07) is 8.62. The minimum atomic E-state index is 0.234. The summed E-state index contributed by atoms with van der Waals surface area (Å²) in [6.45, 7) is 0. The van der Waals surface area contributed by atoms with Crippen LogP contribution in [-0.2, 0) is 0 Å². The number of thiophene rings is 1. The molecule has 3 heteroatoms. The van der Waals surface area contributed by atoms with Crippen molar-refractivity contribution in [3.63, 3.8) is 0 Å². The van der Waals surface area contributed by atoms with Gasteiger partial charge in [0.1, 0.15) is 5.75 Å². The second kappa shape index (κ2) is 3.64.